The molecule has 1 aromatic rings. The van der Waals surface area contributed by atoms with E-state index in [-0.39, 0.29) is 0 Å². The summed E-state index contributed by atoms with van der Waals surface area (Å²) in [4.78, 5) is 0. The van der Waals surface area contributed by atoms with E-state index in [9.17, 15) is 0 Å². The number of ether oxygens (including phenoxy) is 1. The Morgan fingerprint density at radius 3 is 2.45 bits per heavy atom. The lowest BCUT2D eigenvalue weighted by Gasteiger charge is -2.32. The fourth-order valence-electron chi connectivity index (χ4n) is 3.29. The zero-order valence-electron chi connectivity index (χ0n) is 13.0. The van der Waals surface area contributed by atoms with Crippen molar-refractivity contribution in [2.45, 2.75) is 64.3 Å². The van der Waals surface area contributed by atoms with E-state index < -0.39 is 0 Å². The maximum Gasteiger partial charge on any atom is 0.119 e. The summed E-state index contributed by atoms with van der Waals surface area (Å²) in [5, 5.41) is 3.78. The second-order valence-electron chi connectivity index (χ2n) is 6.02. The van der Waals surface area contributed by atoms with Crippen LogP contribution in [0.5, 0.6) is 5.75 Å². The summed E-state index contributed by atoms with van der Waals surface area (Å²) >= 11 is 0. The summed E-state index contributed by atoms with van der Waals surface area (Å²) in [6.45, 7) is 2.28. The van der Waals surface area contributed by atoms with Crippen LogP contribution in [0.15, 0.2) is 24.3 Å². The molecule has 2 heteroatoms. The summed E-state index contributed by atoms with van der Waals surface area (Å²) in [6, 6.07) is 9.00. The Morgan fingerprint density at radius 1 is 1.15 bits per heavy atom. The second-order valence-corrected chi connectivity index (χ2v) is 6.02. The largest absolute Gasteiger partial charge is 0.497 e. The Labute approximate surface area is 123 Å². The number of rotatable bonds is 7. The Bertz CT molecular complexity index is 368. The van der Waals surface area contributed by atoms with E-state index in [1.807, 2.05) is 12.1 Å². The van der Waals surface area contributed by atoms with Gasteiger partial charge in [-0.05, 0) is 49.4 Å². The van der Waals surface area contributed by atoms with E-state index in [2.05, 4.69) is 24.4 Å². The van der Waals surface area contributed by atoms with Crippen molar-refractivity contribution in [3.63, 3.8) is 0 Å². The molecule has 2 nitrogen and oxygen atoms in total. The molecule has 1 N–H and O–H groups in total. The Balaban J connectivity index is 1.97. The van der Waals surface area contributed by atoms with Crippen LogP contribution in [-0.4, -0.2) is 13.2 Å². The second kappa shape index (κ2) is 8.18. The molecular weight excluding hydrogens is 246 g/mol. The van der Waals surface area contributed by atoms with Crippen LogP contribution in [0.3, 0.4) is 0 Å². The molecular formula is C18H29NO. The number of anilines is 1. The third-order valence-electron chi connectivity index (χ3n) is 4.53. The highest BCUT2D eigenvalue weighted by Crippen LogP contribution is 2.30. The van der Waals surface area contributed by atoms with Crippen molar-refractivity contribution in [3.05, 3.63) is 24.3 Å². The third kappa shape index (κ3) is 4.43. The molecule has 0 radical (unpaired) electrons. The molecule has 2 rings (SSSR count). The van der Waals surface area contributed by atoms with E-state index in [0.29, 0.717) is 6.04 Å². The molecule has 1 aromatic carbocycles. The molecule has 0 bridgehead atoms. The van der Waals surface area contributed by atoms with Crippen molar-refractivity contribution in [1.29, 1.82) is 0 Å². The molecule has 0 saturated heterocycles. The predicted octanol–water partition coefficient (Wildman–Crippen LogP) is 5.25. The standard InChI is InChI=1S/C18H29NO/c1-3-4-10-18(15-8-6-5-7-9-15)19-16-11-13-17(20-2)14-12-16/h11-15,18-19H,3-10H2,1-2H3. The van der Waals surface area contributed by atoms with Gasteiger partial charge in [0.2, 0.25) is 0 Å². The van der Waals surface area contributed by atoms with Gasteiger partial charge in [0.05, 0.1) is 7.11 Å². The van der Waals surface area contributed by atoms with Gasteiger partial charge in [-0.2, -0.15) is 0 Å². The minimum absolute atomic E-state index is 0.642. The number of unbranched alkanes of at least 4 members (excludes halogenated alkanes) is 1. The van der Waals surface area contributed by atoms with Crippen LogP contribution in [0.25, 0.3) is 0 Å². The monoisotopic (exact) mass is 275 g/mol. The molecule has 20 heavy (non-hydrogen) atoms. The van der Waals surface area contributed by atoms with Gasteiger partial charge in [0.1, 0.15) is 5.75 Å². The van der Waals surface area contributed by atoms with Crippen LogP contribution >= 0.6 is 0 Å². The van der Waals surface area contributed by atoms with Crippen LogP contribution in [0.1, 0.15) is 58.3 Å². The fraction of sp³-hybridized carbons (Fsp3) is 0.667. The van der Waals surface area contributed by atoms with Crippen molar-refractivity contribution in [2.24, 2.45) is 5.92 Å². The molecule has 0 aromatic heterocycles. The quantitative estimate of drug-likeness (QED) is 0.734. The normalized spacial score (nSPS) is 17.7. The van der Waals surface area contributed by atoms with Crippen LogP contribution in [0.4, 0.5) is 5.69 Å². The lowest BCUT2D eigenvalue weighted by atomic mass is 9.82. The fourth-order valence-corrected chi connectivity index (χ4v) is 3.29. The van der Waals surface area contributed by atoms with E-state index >= 15 is 0 Å². The molecule has 1 saturated carbocycles. The molecule has 112 valence electrons. The highest BCUT2D eigenvalue weighted by atomic mass is 16.5. The van der Waals surface area contributed by atoms with Crippen molar-refractivity contribution < 1.29 is 4.74 Å². The van der Waals surface area contributed by atoms with Gasteiger partial charge in [-0.1, -0.05) is 39.0 Å². The average molecular weight is 275 g/mol. The van der Waals surface area contributed by atoms with Crippen LogP contribution < -0.4 is 10.1 Å². The van der Waals surface area contributed by atoms with Crippen LogP contribution in [0.2, 0.25) is 0 Å². The van der Waals surface area contributed by atoms with Gasteiger partial charge < -0.3 is 10.1 Å². The maximum atomic E-state index is 5.23. The van der Waals surface area contributed by atoms with Gasteiger partial charge in [0.25, 0.3) is 0 Å². The topological polar surface area (TPSA) is 21.3 Å². The summed E-state index contributed by atoms with van der Waals surface area (Å²) in [5.74, 6) is 1.79. The van der Waals surface area contributed by atoms with Crippen LogP contribution in [0, 0.1) is 5.92 Å². The molecule has 0 aliphatic heterocycles. The van der Waals surface area contributed by atoms with Gasteiger partial charge >= 0.3 is 0 Å². The Hall–Kier alpha value is -1.18. The van der Waals surface area contributed by atoms with E-state index in [1.165, 1.54) is 57.1 Å². The first-order valence-electron chi connectivity index (χ1n) is 8.24. The lowest BCUT2D eigenvalue weighted by Crippen LogP contribution is -2.30. The maximum absolute atomic E-state index is 5.23. The molecule has 1 aliphatic carbocycles. The van der Waals surface area contributed by atoms with Crippen molar-refractivity contribution in [3.8, 4) is 5.75 Å². The zero-order valence-corrected chi connectivity index (χ0v) is 13.0. The average Bonchev–Trinajstić information content (AvgIpc) is 2.53. The first-order valence-corrected chi connectivity index (χ1v) is 8.24. The van der Waals surface area contributed by atoms with Gasteiger partial charge in [-0.3, -0.25) is 0 Å². The third-order valence-corrected chi connectivity index (χ3v) is 4.53. The lowest BCUT2D eigenvalue weighted by molar-refractivity contribution is 0.305. The summed E-state index contributed by atoms with van der Waals surface area (Å²) in [6.07, 6.45) is 11.0. The minimum Gasteiger partial charge on any atom is -0.497 e. The minimum atomic E-state index is 0.642. The number of methoxy groups -OCH3 is 1. The highest BCUT2D eigenvalue weighted by Gasteiger charge is 2.23. The van der Waals surface area contributed by atoms with E-state index in [4.69, 9.17) is 4.74 Å². The highest BCUT2D eigenvalue weighted by molar-refractivity contribution is 5.47. The molecule has 1 aliphatic rings. The Kier molecular flexibility index (Phi) is 6.23. The van der Waals surface area contributed by atoms with Crippen molar-refractivity contribution >= 4 is 5.69 Å². The molecule has 1 unspecified atom stereocenters. The smallest absolute Gasteiger partial charge is 0.119 e. The first kappa shape index (κ1) is 15.2. The molecule has 1 fully saturated rings. The SMILES string of the molecule is CCCCC(Nc1ccc(OC)cc1)C1CCCCC1. The van der Waals surface area contributed by atoms with Gasteiger partial charge in [-0.15, -0.1) is 0 Å². The number of hydrogen-bond donors (Lipinski definition) is 1. The summed E-state index contributed by atoms with van der Waals surface area (Å²) < 4.78 is 5.23. The predicted molar refractivity (Wildman–Crippen MR) is 86.5 cm³/mol. The molecule has 0 heterocycles. The summed E-state index contributed by atoms with van der Waals surface area (Å²) in [5.41, 5.74) is 1.23. The van der Waals surface area contributed by atoms with Gasteiger partial charge in [0.15, 0.2) is 0 Å². The Morgan fingerprint density at radius 2 is 1.85 bits per heavy atom. The van der Waals surface area contributed by atoms with Gasteiger partial charge in [-0.25, -0.2) is 0 Å². The van der Waals surface area contributed by atoms with Crippen molar-refractivity contribution in [2.75, 3.05) is 12.4 Å². The summed E-state index contributed by atoms with van der Waals surface area (Å²) in [7, 11) is 1.72. The number of nitrogens with one attached hydrogen (secondary N) is 1. The van der Waals surface area contributed by atoms with E-state index in [1.54, 1.807) is 7.11 Å². The number of benzene rings is 1. The van der Waals surface area contributed by atoms with Crippen molar-refractivity contribution in [1.82, 2.24) is 0 Å². The van der Waals surface area contributed by atoms with Gasteiger partial charge in [0, 0.05) is 11.7 Å². The van der Waals surface area contributed by atoms with Crippen LogP contribution in [-0.2, 0) is 0 Å². The molecule has 0 amide bonds. The van der Waals surface area contributed by atoms with E-state index in [0.717, 1.165) is 11.7 Å². The first-order chi connectivity index (χ1) is 9.83. The number of hydrogen-bond acceptors (Lipinski definition) is 2. The zero-order chi connectivity index (χ0) is 14.2. The molecule has 1 atom stereocenters. The molecule has 0 spiro atoms.